The molecule has 14 aromatic rings. The first kappa shape index (κ1) is 35.6. The van der Waals surface area contributed by atoms with E-state index in [9.17, 15) is 0 Å². The number of nitrogens with zero attached hydrogens (tertiary/aromatic N) is 5. The maximum atomic E-state index is 5.15. The molecule has 14 rings (SSSR count). The monoisotopic (exact) mass is 851 g/mol. The summed E-state index contributed by atoms with van der Waals surface area (Å²) in [4.78, 5) is 15.3. The van der Waals surface area contributed by atoms with Crippen LogP contribution in [0.5, 0.6) is 0 Å². The predicted molar refractivity (Wildman–Crippen MR) is 271 cm³/mol. The molecule has 0 saturated heterocycles. The maximum absolute atomic E-state index is 5.15. The van der Waals surface area contributed by atoms with Gasteiger partial charge < -0.3 is 9.13 Å². The first-order chi connectivity index (χ1) is 31.7. The second-order valence-corrected chi connectivity index (χ2v) is 18.4. The molecule has 5 heterocycles. The summed E-state index contributed by atoms with van der Waals surface area (Å²) in [6.45, 7) is 0. The van der Waals surface area contributed by atoms with Crippen LogP contribution in [-0.4, -0.2) is 24.1 Å². The standard InChI is InChI=1S/C57H33N5S2/c1-3-15-34(16-4-1)55-58-56(35-17-5-2-6-18-35)60-57(59-55)44-24-13-22-41-42-23-14-27-49(53(42)64-52(41)44)62-47-26-11-8-20-38(47)45-33-36(29-32-48(45)62)61-46-25-10-7-19-37(46)40-30-31-43-39-21-9-12-28-50(39)63-54(43)51(40)61/h1-33H. The zero-order valence-electron chi connectivity index (χ0n) is 34.1. The lowest BCUT2D eigenvalue weighted by Crippen LogP contribution is -2.00. The molecule has 0 aliphatic carbocycles. The van der Waals surface area contributed by atoms with Gasteiger partial charge in [-0.1, -0.05) is 152 Å². The van der Waals surface area contributed by atoms with E-state index in [2.05, 4.69) is 173 Å². The van der Waals surface area contributed by atoms with Gasteiger partial charge in [0.1, 0.15) is 0 Å². The van der Waals surface area contributed by atoms with E-state index in [0.29, 0.717) is 17.5 Å². The lowest BCUT2D eigenvalue weighted by molar-refractivity contribution is 1.08. The van der Waals surface area contributed by atoms with Gasteiger partial charge in [-0.15, -0.1) is 22.7 Å². The SMILES string of the molecule is c1ccc(-c2nc(-c3ccccc3)nc(-c3cccc4c3sc3c(-n5c6ccccc6c6cc(-n7c8ccccc8c8ccc9c%10ccccc%10sc9c87)ccc65)cccc34)n2)cc1. The van der Waals surface area contributed by atoms with Crippen LogP contribution in [0.25, 0.3) is 129 Å². The van der Waals surface area contributed by atoms with Crippen LogP contribution in [0.1, 0.15) is 0 Å². The summed E-state index contributed by atoms with van der Waals surface area (Å²) in [5, 5.41) is 9.98. The largest absolute Gasteiger partial charge is 0.308 e. The van der Waals surface area contributed by atoms with Crippen molar-refractivity contribution in [1.29, 1.82) is 0 Å². The van der Waals surface area contributed by atoms with Gasteiger partial charge in [0.05, 0.1) is 37.2 Å². The Balaban J connectivity index is 0.989. The minimum atomic E-state index is 0.655. The van der Waals surface area contributed by atoms with Crippen molar-refractivity contribution in [3.63, 3.8) is 0 Å². The van der Waals surface area contributed by atoms with E-state index in [1.165, 1.54) is 79.3 Å². The van der Waals surface area contributed by atoms with Crippen LogP contribution >= 0.6 is 22.7 Å². The highest BCUT2D eigenvalue weighted by molar-refractivity contribution is 7.27. The third-order valence-corrected chi connectivity index (χ3v) is 15.2. The van der Waals surface area contributed by atoms with Gasteiger partial charge in [-0.2, -0.15) is 0 Å². The van der Waals surface area contributed by atoms with Gasteiger partial charge in [-0.05, 0) is 48.5 Å². The molecule has 298 valence electrons. The normalized spacial score (nSPS) is 12.1. The average Bonchev–Trinajstić information content (AvgIpc) is 4.12. The van der Waals surface area contributed by atoms with E-state index in [4.69, 9.17) is 15.0 Å². The molecule has 0 spiro atoms. The highest BCUT2D eigenvalue weighted by atomic mass is 32.1. The number of benzene rings is 9. The van der Waals surface area contributed by atoms with Crippen molar-refractivity contribution in [3.05, 3.63) is 200 Å². The summed E-state index contributed by atoms with van der Waals surface area (Å²) in [6.07, 6.45) is 0. The molecule has 64 heavy (non-hydrogen) atoms. The third-order valence-electron chi connectivity index (χ3n) is 12.8. The molecule has 0 unspecified atom stereocenters. The van der Waals surface area contributed by atoms with Gasteiger partial charge in [0.2, 0.25) is 0 Å². The van der Waals surface area contributed by atoms with E-state index in [0.717, 1.165) is 32.8 Å². The Bertz CT molecular complexity index is 4140. The smallest absolute Gasteiger partial charge is 0.165 e. The first-order valence-corrected chi connectivity index (χ1v) is 23.1. The molecular formula is C57H33N5S2. The molecule has 0 amide bonds. The third kappa shape index (κ3) is 5.19. The summed E-state index contributed by atoms with van der Waals surface area (Å²) in [7, 11) is 0. The zero-order valence-corrected chi connectivity index (χ0v) is 35.7. The van der Waals surface area contributed by atoms with Crippen LogP contribution in [0.4, 0.5) is 0 Å². The molecule has 0 radical (unpaired) electrons. The lowest BCUT2D eigenvalue weighted by Gasteiger charge is -2.11. The Morgan fingerprint density at radius 1 is 0.328 bits per heavy atom. The van der Waals surface area contributed by atoms with Crippen LogP contribution in [0, 0.1) is 0 Å². The van der Waals surface area contributed by atoms with Crippen molar-refractivity contribution < 1.29 is 0 Å². The second kappa shape index (κ2) is 13.8. The average molecular weight is 852 g/mol. The van der Waals surface area contributed by atoms with Crippen LogP contribution < -0.4 is 0 Å². The highest BCUT2D eigenvalue weighted by Crippen LogP contribution is 2.46. The molecule has 0 aliphatic heterocycles. The van der Waals surface area contributed by atoms with E-state index in [1.54, 1.807) is 0 Å². The van der Waals surface area contributed by atoms with Gasteiger partial charge in [-0.25, -0.2) is 15.0 Å². The fraction of sp³-hybridized carbons (Fsp3) is 0. The molecular weight excluding hydrogens is 819 g/mol. The van der Waals surface area contributed by atoms with Crippen molar-refractivity contribution in [2.75, 3.05) is 0 Å². The minimum absolute atomic E-state index is 0.655. The summed E-state index contributed by atoms with van der Waals surface area (Å²) < 4.78 is 9.95. The van der Waals surface area contributed by atoms with Crippen molar-refractivity contribution in [2.24, 2.45) is 0 Å². The minimum Gasteiger partial charge on any atom is -0.308 e. The Morgan fingerprint density at radius 2 is 0.875 bits per heavy atom. The summed E-state index contributed by atoms with van der Waals surface area (Å²) in [5.41, 5.74) is 10.0. The second-order valence-electron chi connectivity index (χ2n) is 16.3. The van der Waals surface area contributed by atoms with E-state index >= 15 is 0 Å². The number of fused-ring (bicyclic) bond motifs is 13. The molecule has 5 nitrogen and oxygen atoms in total. The molecule has 0 bridgehead atoms. The molecule has 7 heteroatoms. The van der Waals surface area contributed by atoms with Crippen molar-refractivity contribution >= 4 is 107 Å². The number of hydrogen-bond donors (Lipinski definition) is 0. The molecule has 0 N–H and O–H groups in total. The van der Waals surface area contributed by atoms with E-state index < -0.39 is 0 Å². The quantitative estimate of drug-likeness (QED) is 0.173. The molecule has 0 aliphatic rings. The topological polar surface area (TPSA) is 48.5 Å². The summed E-state index contributed by atoms with van der Waals surface area (Å²) >= 11 is 3.70. The predicted octanol–water partition coefficient (Wildman–Crippen LogP) is 15.8. The van der Waals surface area contributed by atoms with Crippen molar-refractivity contribution in [3.8, 4) is 45.5 Å². The molecule has 0 fully saturated rings. The van der Waals surface area contributed by atoms with Gasteiger partial charge >= 0.3 is 0 Å². The summed E-state index contributed by atoms with van der Waals surface area (Å²) in [6, 6.07) is 71.8. The number of para-hydroxylation sites is 2. The zero-order chi connectivity index (χ0) is 41.9. The van der Waals surface area contributed by atoms with Gasteiger partial charge in [-0.3, -0.25) is 0 Å². The Hall–Kier alpha value is -7.97. The fourth-order valence-electron chi connectivity index (χ4n) is 9.95. The van der Waals surface area contributed by atoms with Crippen LogP contribution in [-0.2, 0) is 0 Å². The Morgan fingerprint density at radius 3 is 1.62 bits per heavy atom. The molecule has 5 aromatic heterocycles. The van der Waals surface area contributed by atoms with Crippen molar-refractivity contribution in [2.45, 2.75) is 0 Å². The van der Waals surface area contributed by atoms with E-state index in [-0.39, 0.29) is 0 Å². The van der Waals surface area contributed by atoms with Gasteiger partial charge in [0, 0.05) is 74.9 Å². The Kier molecular flexibility index (Phi) is 7.66. The fourth-order valence-corrected chi connectivity index (χ4v) is 12.5. The van der Waals surface area contributed by atoms with Crippen LogP contribution in [0.3, 0.4) is 0 Å². The lowest BCUT2D eigenvalue weighted by atomic mass is 10.1. The molecule has 0 saturated carbocycles. The molecule has 0 atom stereocenters. The highest BCUT2D eigenvalue weighted by Gasteiger charge is 2.22. The van der Waals surface area contributed by atoms with Gasteiger partial charge in [0.15, 0.2) is 17.5 Å². The van der Waals surface area contributed by atoms with Gasteiger partial charge in [0.25, 0.3) is 0 Å². The number of aromatic nitrogens is 5. The summed E-state index contributed by atoms with van der Waals surface area (Å²) in [5.74, 6) is 1.97. The number of hydrogen-bond acceptors (Lipinski definition) is 5. The first-order valence-electron chi connectivity index (χ1n) is 21.4. The van der Waals surface area contributed by atoms with E-state index in [1.807, 2.05) is 59.1 Å². The van der Waals surface area contributed by atoms with Crippen LogP contribution in [0.2, 0.25) is 0 Å². The van der Waals surface area contributed by atoms with Crippen LogP contribution in [0.15, 0.2) is 200 Å². The Labute approximate surface area is 374 Å². The molecule has 9 aromatic carbocycles. The number of thiophene rings is 2. The van der Waals surface area contributed by atoms with Crippen molar-refractivity contribution in [1.82, 2.24) is 24.1 Å². The number of rotatable bonds is 5. The maximum Gasteiger partial charge on any atom is 0.165 e.